The van der Waals surface area contributed by atoms with E-state index < -0.39 is 0 Å². The summed E-state index contributed by atoms with van der Waals surface area (Å²) in [5.41, 5.74) is 3.40. The fourth-order valence-electron chi connectivity index (χ4n) is 2.06. The summed E-state index contributed by atoms with van der Waals surface area (Å²) in [6, 6.07) is 14.2. The lowest BCUT2D eigenvalue weighted by Crippen LogP contribution is -2.19. The minimum Gasteiger partial charge on any atom is -0.473 e. The molecule has 3 nitrogen and oxygen atoms in total. The van der Waals surface area contributed by atoms with Crippen LogP contribution in [-0.4, -0.2) is 11.5 Å². The van der Waals surface area contributed by atoms with Crippen LogP contribution in [0.5, 0.6) is 5.88 Å². The van der Waals surface area contributed by atoms with Gasteiger partial charge in [0.1, 0.15) is 6.61 Å². The Morgan fingerprint density at radius 3 is 2.52 bits per heavy atom. The molecule has 0 fully saturated rings. The third kappa shape index (κ3) is 5.20. The van der Waals surface area contributed by atoms with Gasteiger partial charge in [0.2, 0.25) is 5.88 Å². The number of nitrogens with zero attached hydrogens (tertiary/aromatic N) is 1. The highest BCUT2D eigenvalue weighted by molar-refractivity contribution is 5.25. The molecule has 1 aromatic carbocycles. The van der Waals surface area contributed by atoms with Crippen molar-refractivity contribution in [3.63, 3.8) is 0 Å². The molecule has 0 radical (unpaired) electrons. The fraction of sp³-hybridized carbons (Fsp3) is 0.389. The molecule has 0 spiro atoms. The maximum absolute atomic E-state index is 5.74. The first-order valence-electron chi connectivity index (χ1n) is 7.49. The molecule has 0 saturated heterocycles. The Labute approximate surface area is 127 Å². The lowest BCUT2D eigenvalue weighted by Gasteiger charge is -2.11. The van der Waals surface area contributed by atoms with Gasteiger partial charge in [-0.05, 0) is 30.5 Å². The minimum atomic E-state index is 0.554. The first-order chi connectivity index (χ1) is 10.1. The smallest absolute Gasteiger partial charge is 0.213 e. The predicted octanol–water partition coefficient (Wildman–Crippen LogP) is 3.71. The van der Waals surface area contributed by atoms with Gasteiger partial charge in [-0.2, -0.15) is 0 Å². The van der Waals surface area contributed by atoms with Gasteiger partial charge in [0.15, 0.2) is 0 Å². The third-order valence-electron chi connectivity index (χ3n) is 3.27. The zero-order valence-corrected chi connectivity index (χ0v) is 13.1. The maximum Gasteiger partial charge on any atom is 0.213 e. The molecule has 0 bridgehead atoms. The normalized spacial score (nSPS) is 10.9. The van der Waals surface area contributed by atoms with Crippen LogP contribution in [0.15, 0.2) is 42.5 Å². The van der Waals surface area contributed by atoms with E-state index in [1.165, 1.54) is 5.56 Å². The van der Waals surface area contributed by atoms with E-state index in [-0.39, 0.29) is 0 Å². The van der Waals surface area contributed by atoms with Gasteiger partial charge >= 0.3 is 0 Å². The van der Waals surface area contributed by atoms with Gasteiger partial charge < -0.3 is 10.1 Å². The van der Waals surface area contributed by atoms with Crippen molar-refractivity contribution < 1.29 is 4.74 Å². The van der Waals surface area contributed by atoms with Crippen molar-refractivity contribution in [3.8, 4) is 5.88 Å². The first kappa shape index (κ1) is 15.5. The Morgan fingerprint density at radius 1 is 1.10 bits per heavy atom. The second-order valence-corrected chi connectivity index (χ2v) is 5.69. The molecule has 21 heavy (non-hydrogen) atoms. The molecule has 2 rings (SSSR count). The number of benzene rings is 1. The zero-order chi connectivity index (χ0) is 15.1. The van der Waals surface area contributed by atoms with Gasteiger partial charge in [0.05, 0.1) is 0 Å². The summed E-state index contributed by atoms with van der Waals surface area (Å²) >= 11 is 0. The van der Waals surface area contributed by atoms with Crippen molar-refractivity contribution in [1.82, 2.24) is 10.3 Å². The SMILES string of the molecule is Cc1nc(OCc2ccccc2)ccc1CNCC(C)C. The molecule has 1 heterocycles. The Kier molecular flexibility index (Phi) is 5.76. The molecule has 0 amide bonds. The van der Waals surface area contributed by atoms with Gasteiger partial charge in [0.25, 0.3) is 0 Å². The summed E-state index contributed by atoms with van der Waals surface area (Å²) in [4.78, 5) is 4.52. The summed E-state index contributed by atoms with van der Waals surface area (Å²) < 4.78 is 5.74. The minimum absolute atomic E-state index is 0.554. The number of nitrogens with one attached hydrogen (secondary N) is 1. The van der Waals surface area contributed by atoms with Gasteiger partial charge in [-0.3, -0.25) is 0 Å². The van der Waals surface area contributed by atoms with Crippen LogP contribution in [0.4, 0.5) is 0 Å². The average molecular weight is 284 g/mol. The van der Waals surface area contributed by atoms with Crippen LogP contribution in [0.1, 0.15) is 30.7 Å². The quantitative estimate of drug-likeness (QED) is 0.841. The lowest BCUT2D eigenvalue weighted by atomic mass is 10.2. The van der Waals surface area contributed by atoms with E-state index in [0.717, 1.165) is 24.3 Å². The number of rotatable bonds is 7. The van der Waals surface area contributed by atoms with Crippen LogP contribution < -0.4 is 10.1 Å². The highest BCUT2D eigenvalue weighted by Gasteiger charge is 2.03. The van der Waals surface area contributed by atoms with E-state index in [2.05, 4.69) is 42.3 Å². The molecular weight excluding hydrogens is 260 g/mol. The Balaban J connectivity index is 1.89. The topological polar surface area (TPSA) is 34.1 Å². The molecular formula is C18H24N2O. The third-order valence-corrected chi connectivity index (χ3v) is 3.27. The van der Waals surface area contributed by atoms with E-state index in [4.69, 9.17) is 4.74 Å². The van der Waals surface area contributed by atoms with E-state index in [9.17, 15) is 0 Å². The molecule has 0 aliphatic heterocycles. The van der Waals surface area contributed by atoms with Crippen LogP contribution in [-0.2, 0) is 13.2 Å². The van der Waals surface area contributed by atoms with E-state index in [1.807, 2.05) is 31.2 Å². The number of aromatic nitrogens is 1. The second kappa shape index (κ2) is 7.79. The van der Waals surface area contributed by atoms with Crippen LogP contribution in [0, 0.1) is 12.8 Å². The summed E-state index contributed by atoms with van der Waals surface area (Å²) in [5, 5.41) is 3.44. The Hall–Kier alpha value is -1.87. The molecule has 0 atom stereocenters. The lowest BCUT2D eigenvalue weighted by molar-refractivity contribution is 0.293. The second-order valence-electron chi connectivity index (χ2n) is 5.69. The molecule has 0 saturated carbocycles. The van der Waals surface area contributed by atoms with Crippen LogP contribution in [0.3, 0.4) is 0 Å². The summed E-state index contributed by atoms with van der Waals surface area (Å²) in [6.45, 7) is 8.87. The molecule has 112 valence electrons. The number of aryl methyl sites for hydroxylation is 1. The fourth-order valence-corrected chi connectivity index (χ4v) is 2.06. The van der Waals surface area contributed by atoms with Gasteiger partial charge in [-0.15, -0.1) is 0 Å². The van der Waals surface area contributed by atoms with Crippen molar-refractivity contribution in [3.05, 3.63) is 59.3 Å². The molecule has 1 aromatic heterocycles. The summed E-state index contributed by atoms with van der Waals surface area (Å²) in [6.07, 6.45) is 0. The number of hydrogen-bond donors (Lipinski definition) is 1. The van der Waals surface area contributed by atoms with E-state index in [0.29, 0.717) is 18.4 Å². The van der Waals surface area contributed by atoms with E-state index >= 15 is 0 Å². The highest BCUT2D eigenvalue weighted by Crippen LogP contribution is 2.14. The molecule has 0 unspecified atom stereocenters. The van der Waals surface area contributed by atoms with E-state index in [1.54, 1.807) is 0 Å². The van der Waals surface area contributed by atoms with Crippen molar-refractivity contribution in [1.29, 1.82) is 0 Å². The standard InChI is InChI=1S/C18H24N2O/c1-14(2)11-19-12-17-9-10-18(20-15(17)3)21-13-16-7-5-4-6-8-16/h4-10,14,19H,11-13H2,1-3H3. The summed E-state index contributed by atoms with van der Waals surface area (Å²) in [5.74, 6) is 1.34. The molecule has 2 aromatic rings. The van der Waals surface area contributed by atoms with Crippen molar-refractivity contribution in [2.45, 2.75) is 33.9 Å². The monoisotopic (exact) mass is 284 g/mol. The maximum atomic E-state index is 5.74. The highest BCUT2D eigenvalue weighted by atomic mass is 16.5. The largest absolute Gasteiger partial charge is 0.473 e. The molecule has 0 aliphatic carbocycles. The van der Waals surface area contributed by atoms with Crippen LogP contribution in [0.2, 0.25) is 0 Å². The first-order valence-corrected chi connectivity index (χ1v) is 7.49. The molecule has 1 N–H and O–H groups in total. The van der Waals surface area contributed by atoms with Crippen molar-refractivity contribution in [2.24, 2.45) is 5.92 Å². The average Bonchev–Trinajstić information content (AvgIpc) is 2.48. The van der Waals surface area contributed by atoms with Crippen molar-refractivity contribution >= 4 is 0 Å². The predicted molar refractivity (Wildman–Crippen MR) is 86.3 cm³/mol. The van der Waals surface area contributed by atoms with Gasteiger partial charge in [0, 0.05) is 18.3 Å². The number of pyridine rings is 1. The Morgan fingerprint density at radius 2 is 1.86 bits per heavy atom. The van der Waals surface area contributed by atoms with Crippen LogP contribution in [0.25, 0.3) is 0 Å². The number of hydrogen-bond acceptors (Lipinski definition) is 3. The summed E-state index contributed by atoms with van der Waals surface area (Å²) in [7, 11) is 0. The number of ether oxygens (including phenoxy) is 1. The Bertz CT molecular complexity index is 552. The van der Waals surface area contributed by atoms with Gasteiger partial charge in [-0.25, -0.2) is 4.98 Å². The van der Waals surface area contributed by atoms with Crippen LogP contribution >= 0.6 is 0 Å². The van der Waals surface area contributed by atoms with Crippen molar-refractivity contribution in [2.75, 3.05) is 6.54 Å². The van der Waals surface area contributed by atoms with Gasteiger partial charge in [-0.1, -0.05) is 50.2 Å². The molecule has 0 aliphatic rings. The zero-order valence-electron chi connectivity index (χ0n) is 13.1. The molecule has 3 heteroatoms.